The number of hydrogen-bond donors (Lipinski definition) is 1. The molecule has 1 amide bonds. The highest BCUT2D eigenvalue weighted by atomic mass is 32.2. The highest BCUT2D eigenvalue weighted by Gasteiger charge is 2.16. The molecule has 1 aromatic heterocycles. The first-order valence-corrected chi connectivity index (χ1v) is 10.7. The van der Waals surface area contributed by atoms with Crippen LogP contribution in [-0.2, 0) is 17.9 Å². The molecule has 160 valence electrons. The lowest BCUT2D eigenvalue weighted by atomic mass is 10.2. The van der Waals surface area contributed by atoms with Crippen LogP contribution in [0.2, 0.25) is 0 Å². The molecule has 0 atom stereocenters. The second kappa shape index (κ2) is 9.57. The topological polar surface area (TPSA) is 87.5 Å². The second-order valence-corrected chi connectivity index (χ2v) is 7.70. The van der Waals surface area contributed by atoms with Crippen LogP contribution in [0.3, 0.4) is 0 Å². The van der Waals surface area contributed by atoms with Gasteiger partial charge < -0.3 is 19.5 Å². The first-order valence-electron chi connectivity index (χ1n) is 9.67. The van der Waals surface area contributed by atoms with E-state index in [-0.39, 0.29) is 25.1 Å². The molecular weight excluding hydrogens is 416 g/mol. The van der Waals surface area contributed by atoms with Crippen molar-refractivity contribution in [1.82, 2.24) is 14.8 Å². The van der Waals surface area contributed by atoms with Crippen molar-refractivity contribution in [3.05, 3.63) is 66.5 Å². The molecule has 0 saturated carbocycles. The first-order chi connectivity index (χ1) is 15.1. The lowest BCUT2D eigenvalue weighted by Crippen LogP contribution is -2.15. The molecular formula is C22H22N4O4S. The monoisotopic (exact) mass is 438 g/mol. The van der Waals surface area contributed by atoms with Crippen LogP contribution in [0.1, 0.15) is 11.4 Å². The number of carbonyl (C=O) groups excluding carboxylic acids is 1. The summed E-state index contributed by atoms with van der Waals surface area (Å²) in [5.74, 6) is 2.78. The summed E-state index contributed by atoms with van der Waals surface area (Å²) in [4.78, 5) is 12.4. The molecule has 1 aliphatic rings. The minimum absolute atomic E-state index is 0.158. The number of fused-ring (bicyclic) bond motifs is 1. The van der Waals surface area contributed by atoms with Crippen LogP contribution in [0.15, 0.2) is 60.3 Å². The van der Waals surface area contributed by atoms with Crippen LogP contribution in [0.5, 0.6) is 17.2 Å². The Morgan fingerprint density at radius 2 is 2.10 bits per heavy atom. The molecule has 1 aliphatic heterocycles. The number of para-hydroxylation sites is 1. The molecule has 0 spiro atoms. The Morgan fingerprint density at radius 3 is 2.94 bits per heavy atom. The first kappa shape index (κ1) is 20.8. The Morgan fingerprint density at radius 1 is 1.26 bits per heavy atom. The van der Waals surface area contributed by atoms with E-state index in [9.17, 15) is 4.79 Å². The molecule has 2 heterocycles. The molecule has 3 aromatic rings. The maximum absolute atomic E-state index is 12.4. The quantitative estimate of drug-likeness (QED) is 0.401. The summed E-state index contributed by atoms with van der Waals surface area (Å²) in [6.07, 6.45) is 1.76. The van der Waals surface area contributed by atoms with Gasteiger partial charge >= 0.3 is 0 Å². The predicted molar refractivity (Wildman–Crippen MR) is 118 cm³/mol. The van der Waals surface area contributed by atoms with E-state index >= 15 is 0 Å². The Labute approximate surface area is 184 Å². The molecule has 0 fully saturated rings. The fourth-order valence-electron chi connectivity index (χ4n) is 3.01. The molecule has 0 radical (unpaired) electrons. The summed E-state index contributed by atoms with van der Waals surface area (Å²) < 4.78 is 18.4. The van der Waals surface area contributed by atoms with Gasteiger partial charge in [-0.3, -0.25) is 9.36 Å². The number of aryl methyl sites for hydroxylation is 1. The average Bonchev–Trinajstić information content (AvgIpc) is 3.38. The van der Waals surface area contributed by atoms with Gasteiger partial charge in [0.1, 0.15) is 12.4 Å². The number of amides is 1. The third-order valence-corrected chi connectivity index (χ3v) is 5.51. The zero-order chi connectivity index (χ0) is 21.6. The van der Waals surface area contributed by atoms with Crippen LogP contribution < -0.4 is 19.5 Å². The number of benzene rings is 2. The molecule has 0 saturated heterocycles. The van der Waals surface area contributed by atoms with Crippen molar-refractivity contribution in [3.8, 4) is 17.2 Å². The summed E-state index contributed by atoms with van der Waals surface area (Å²) in [6.45, 7) is 6.78. The molecule has 1 N–H and O–H groups in total. The van der Waals surface area contributed by atoms with Gasteiger partial charge in [0, 0.05) is 18.3 Å². The maximum Gasteiger partial charge on any atom is 0.234 e. The van der Waals surface area contributed by atoms with Crippen molar-refractivity contribution in [2.24, 2.45) is 0 Å². The Hall–Kier alpha value is -3.46. The number of ether oxygens (including phenoxy) is 3. The summed E-state index contributed by atoms with van der Waals surface area (Å²) in [6, 6.07) is 13.1. The number of anilines is 1. The van der Waals surface area contributed by atoms with Crippen LogP contribution in [-0.4, -0.2) is 33.2 Å². The molecule has 31 heavy (non-hydrogen) atoms. The van der Waals surface area contributed by atoms with Gasteiger partial charge in [0.05, 0.1) is 5.75 Å². The third kappa shape index (κ3) is 5.00. The smallest absolute Gasteiger partial charge is 0.234 e. The number of hydrogen-bond acceptors (Lipinski definition) is 7. The molecule has 4 rings (SSSR count). The second-order valence-electron chi connectivity index (χ2n) is 6.76. The van der Waals surface area contributed by atoms with Crippen molar-refractivity contribution in [2.45, 2.75) is 25.2 Å². The van der Waals surface area contributed by atoms with Crippen molar-refractivity contribution in [1.29, 1.82) is 0 Å². The van der Waals surface area contributed by atoms with E-state index in [0.29, 0.717) is 34.7 Å². The van der Waals surface area contributed by atoms with E-state index in [1.54, 1.807) is 24.3 Å². The van der Waals surface area contributed by atoms with Crippen LogP contribution >= 0.6 is 11.8 Å². The normalized spacial score (nSPS) is 11.9. The van der Waals surface area contributed by atoms with Gasteiger partial charge in [-0.2, -0.15) is 0 Å². The van der Waals surface area contributed by atoms with Gasteiger partial charge in [-0.05, 0) is 30.7 Å². The van der Waals surface area contributed by atoms with Gasteiger partial charge in [-0.1, -0.05) is 36.0 Å². The van der Waals surface area contributed by atoms with E-state index in [1.165, 1.54) is 11.8 Å². The lowest BCUT2D eigenvalue weighted by Gasteiger charge is -2.10. The average molecular weight is 439 g/mol. The van der Waals surface area contributed by atoms with Crippen LogP contribution in [0.25, 0.3) is 0 Å². The van der Waals surface area contributed by atoms with Gasteiger partial charge in [0.15, 0.2) is 22.5 Å². The van der Waals surface area contributed by atoms with E-state index in [4.69, 9.17) is 14.2 Å². The molecule has 8 nitrogen and oxygen atoms in total. The fraction of sp³-hybridized carbons (Fsp3) is 0.227. The van der Waals surface area contributed by atoms with E-state index in [1.807, 2.05) is 35.8 Å². The number of carbonyl (C=O) groups is 1. The molecule has 0 bridgehead atoms. The summed E-state index contributed by atoms with van der Waals surface area (Å²) in [5.41, 5.74) is 1.70. The Bertz CT molecular complexity index is 1100. The number of aromatic nitrogens is 3. The van der Waals surface area contributed by atoms with E-state index < -0.39 is 0 Å². The highest BCUT2D eigenvalue weighted by Crippen LogP contribution is 2.34. The number of thioether (sulfide) groups is 1. The minimum Gasteiger partial charge on any atom is -0.485 e. The summed E-state index contributed by atoms with van der Waals surface area (Å²) in [7, 11) is 0. The van der Waals surface area contributed by atoms with Crippen molar-refractivity contribution < 1.29 is 19.0 Å². The number of rotatable bonds is 9. The SMILES string of the molecule is C=CCn1c(COc2ccccc2C)nnc1SCC(=O)Nc1ccc2c(c1)OCO2. The van der Waals surface area contributed by atoms with Gasteiger partial charge in [-0.15, -0.1) is 16.8 Å². The zero-order valence-corrected chi connectivity index (χ0v) is 17.9. The van der Waals surface area contributed by atoms with E-state index in [0.717, 1.165) is 11.3 Å². The number of nitrogens with zero attached hydrogens (tertiary/aromatic N) is 3. The highest BCUT2D eigenvalue weighted by molar-refractivity contribution is 7.99. The van der Waals surface area contributed by atoms with Crippen molar-refractivity contribution in [3.63, 3.8) is 0 Å². The van der Waals surface area contributed by atoms with E-state index in [2.05, 4.69) is 22.1 Å². The molecule has 2 aromatic carbocycles. The number of nitrogens with one attached hydrogen (secondary N) is 1. The molecule has 0 unspecified atom stereocenters. The lowest BCUT2D eigenvalue weighted by molar-refractivity contribution is -0.113. The van der Waals surface area contributed by atoms with Crippen molar-refractivity contribution >= 4 is 23.4 Å². The number of allylic oxidation sites excluding steroid dienone is 1. The standard InChI is InChI=1S/C22H22N4O4S/c1-3-10-26-20(12-28-17-7-5-4-6-15(17)2)24-25-22(26)31-13-21(27)23-16-8-9-18-19(11-16)30-14-29-18/h3-9,11H,1,10,12-14H2,2H3,(H,23,27). The minimum atomic E-state index is -0.158. The van der Waals surface area contributed by atoms with Gasteiger partial charge in [0.2, 0.25) is 12.7 Å². The summed E-state index contributed by atoms with van der Waals surface area (Å²) in [5, 5.41) is 11.9. The van der Waals surface area contributed by atoms with Crippen molar-refractivity contribution in [2.75, 3.05) is 17.9 Å². The predicted octanol–water partition coefficient (Wildman–Crippen LogP) is 3.81. The summed E-state index contributed by atoms with van der Waals surface area (Å²) >= 11 is 1.30. The van der Waals surface area contributed by atoms with Gasteiger partial charge in [0.25, 0.3) is 0 Å². The molecule has 0 aliphatic carbocycles. The Kier molecular flexibility index (Phi) is 6.42. The molecule has 9 heteroatoms. The van der Waals surface area contributed by atoms with Gasteiger partial charge in [-0.25, -0.2) is 0 Å². The maximum atomic E-state index is 12.4. The van der Waals surface area contributed by atoms with Crippen LogP contribution in [0, 0.1) is 6.92 Å². The Balaban J connectivity index is 1.37. The largest absolute Gasteiger partial charge is 0.485 e. The van der Waals surface area contributed by atoms with Crippen LogP contribution in [0.4, 0.5) is 5.69 Å². The zero-order valence-electron chi connectivity index (χ0n) is 17.0. The fourth-order valence-corrected chi connectivity index (χ4v) is 3.77. The third-order valence-electron chi connectivity index (χ3n) is 4.54.